The van der Waals surface area contributed by atoms with Gasteiger partial charge in [-0.1, -0.05) is 187 Å². The number of nitrogens with two attached hydrogens (primary N) is 1. The Balaban J connectivity index is 0.000000275. The summed E-state index contributed by atoms with van der Waals surface area (Å²) < 4.78 is 82.0. The highest BCUT2D eigenvalue weighted by molar-refractivity contribution is 8.38. The van der Waals surface area contributed by atoms with Gasteiger partial charge in [-0.25, -0.2) is 13.6 Å². The van der Waals surface area contributed by atoms with Crippen LogP contribution in [0.1, 0.15) is 54.0 Å². The van der Waals surface area contributed by atoms with Gasteiger partial charge < -0.3 is 8.85 Å². The fourth-order valence-electron chi connectivity index (χ4n) is 7.75. The predicted octanol–water partition coefficient (Wildman–Crippen LogP) is 9.53. The number of nitrogens with zero attached hydrogens (tertiary/aromatic N) is 1. The first-order chi connectivity index (χ1) is 31.2. The van der Waals surface area contributed by atoms with Crippen LogP contribution >= 0.6 is 23.5 Å². The fraction of sp³-hybridized carbons (Fsp3) is 0.260. The van der Waals surface area contributed by atoms with Crippen LogP contribution in [0.5, 0.6) is 0 Å². The van der Waals surface area contributed by atoms with Gasteiger partial charge in [-0.2, -0.15) is 8.42 Å². The number of sulfonamides is 2. The molecule has 0 aliphatic carbocycles. The monoisotopic (exact) mass is 989 g/mol. The molecule has 0 aromatic heterocycles. The van der Waals surface area contributed by atoms with E-state index in [1.807, 2.05) is 48.9 Å². The second-order valence-corrected chi connectivity index (χ2v) is 30.6. The highest BCUT2D eigenvalue weighted by atomic mass is 32.2. The van der Waals surface area contributed by atoms with Crippen molar-refractivity contribution >= 4 is 85.3 Å². The number of primary sulfonamides is 1. The van der Waals surface area contributed by atoms with Crippen molar-refractivity contribution in [3.63, 3.8) is 0 Å². The summed E-state index contributed by atoms with van der Waals surface area (Å²) in [4.78, 5) is 0.286. The maximum Gasteiger partial charge on any atom is 0.283 e. The third kappa shape index (κ3) is 13.3. The lowest BCUT2D eigenvalue weighted by atomic mass is 10.2. The molecule has 6 aromatic rings. The smallest absolute Gasteiger partial charge is 0.283 e. The Morgan fingerprint density at radius 1 is 0.554 bits per heavy atom. The lowest BCUT2D eigenvalue weighted by Crippen LogP contribution is -2.66. The Morgan fingerprint density at radius 3 is 1.08 bits per heavy atom. The van der Waals surface area contributed by atoms with Gasteiger partial charge in [0.05, 0.1) is 31.5 Å². The van der Waals surface area contributed by atoms with E-state index < -0.39 is 43.8 Å². The summed E-state index contributed by atoms with van der Waals surface area (Å²) >= 11 is 2.64. The zero-order chi connectivity index (χ0) is 48.7. The van der Waals surface area contributed by atoms with Gasteiger partial charge in [-0.15, -0.1) is 27.9 Å². The van der Waals surface area contributed by atoms with E-state index in [4.69, 9.17) is 15.4 Å². The molecule has 0 amide bonds. The fourth-order valence-corrected chi connectivity index (χ4v) is 20.0. The van der Waals surface area contributed by atoms with Gasteiger partial charge >= 0.3 is 0 Å². The van der Waals surface area contributed by atoms with Crippen LogP contribution in [-0.2, 0) is 42.1 Å². The van der Waals surface area contributed by atoms with E-state index in [1.165, 1.54) is 56.4 Å². The van der Waals surface area contributed by atoms with Crippen molar-refractivity contribution in [3.8, 4) is 0 Å². The zero-order valence-electron chi connectivity index (χ0n) is 39.3. The van der Waals surface area contributed by atoms with E-state index in [2.05, 4.69) is 143 Å². The van der Waals surface area contributed by atoms with Crippen LogP contribution in [0.15, 0.2) is 184 Å². The summed E-state index contributed by atoms with van der Waals surface area (Å²) in [7, 11) is -13.7. The third-order valence-corrected chi connectivity index (χ3v) is 25.1. The molecule has 0 heterocycles. The molecule has 0 aliphatic rings. The molecular formula is C50H61FN2O6S4Si2. The van der Waals surface area contributed by atoms with E-state index in [1.54, 1.807) is 24.3 Å². The van der Waals surface area contributed by atoms with Gasteiger partial charge in [0.1, 0.15) is 4.38 Å². The number of halogens is 1. The Bertz CT molecular complexity index is 2570. The van der Waals surface area contributed by atoms with Gasteiger partial charge in [-0.05, 0) is 78.7 Å². The van der Waals surface area contributed by atoms with Gasteiger partial charge in [0.2, 0.25) is 10.0 Å². The molecule has 0 radical (unpaired) electrons. The summed E-state index contributed by atoms with van der Waals surface area (Å²) in [6, 6.07) is 55.2. The largest absolute Gasteiger partial charge is 0.403 e. The average molecular weight is 990 g/mol. The molecule has 65 heavy (non-hydrogen) atoms. The minimum atomic E-state index is -3.74. The number of alkyl halides is 1. The Hall–Kier alpha value is -4.17. The molecule has 0 fully saturated rings. The van der Waals surface area contributed by atoms with Crippen LogP contribution in [0.25, 0.3) is 0 Å². The van der Waals surface area contributed by atoms with Crippen molar-refractivity contribution in [3.05, 3.63) is 181 Å². The first-order valence-corrected chi connectivity index (χ1v) is 29.9. The van der Waals surface area contributed by atoms with Crippen LogP contribution in [0.2, 0.25) is 10.1 Å². The highest BCUT2D eigenvalue weighted by Crippen LogP contribution is 2.38. The average Bonchev–Trinajstić information content (AvgIpc) is 3.30. The van der Waals surface area contributed by atoms with Crippen LogP contribution in [-0.4, -0.2) is 57.5 Å². The quantitative estimate of drug-likeness (QED) is 0.0690. The molecule has 0 saturated carbocycles. The maximum absolute atomic E-state index is 12.7. The van der Waals surface area contributed by atoms with Gasteiger partial charge in [0, 0.05) is 0 Å². The van der Waals surface area contributed by atoms with E-state index >= 15 is 0 Å². The molecule has 0 bridgehead atoms. The number of hydrogen-bond donors (Lipinski definition) is 1. The molecule has 15 heteroatoms. The summed E-state index contributed by atoms with van der Waals surface area (Å²) in [5, 5.41) is 9.81. The van der Waals surface area contributed by atoms with Crippen molar-refractivity contribution in [1.29, 1.82) is 0 Å². The topological polar surface area (TPSA) is 125 Å². The lowest BCUT2D eigenvalue weighted by molar-refractivity contribution is 0.286. The normalized spacial score (nSPS) is 12.4. The Kier molecular flexibility index (Phi) is 18.8. The van der Waals surface area contributed by atoms with E-state index in [-0.39, 0.29) is 19.9 Å². The summed E-state index contributed by atoms with van der Waals surface area (Å²) in [5.74, 6) is 0. The number of benzene rings is 6. The molecule has 0 aliphatic heterocycles. The molecule has 0 atom stereocenters. The molecule has 346 valence electrons. The summed E-state index contributed by atoms with van der Waals surface area (Å²) in [6.45, 7) is 14.2. The second kappa shape index (κ2) is 23.5. The SMILES string of the molecule is CC(C)(C)[Si](OCc1ccc(S(N)(=O)=O)cc1)(c1ccccc1)c1ccccc1.CSC(=NS(=O)(=O)c1ccc(CO[Si](c2ccccc2)(c2ccccc2)C(C)(C)C)cc1)SC.[2H]CF. The lowest BCUT2D eigenvalue weighted by Gasteiger charge is -2.43. The van der Waals surface area contributed by atoms with E-state index in [9.17, 15) is 21.2 Å². The second-order valence-electron chi connectivity index (χ2n) is 17.0. The first-order valence-electron chi connectivity index (χ1n) is 21.4. The molecule has 8 nitrogen and oxygen atoms in total. The molecule has 0 spiro atoms. The number of thioether (sulfide) groups is 2. The highest BCUT2D eigenvalue weighted by Gasteiger charge is 2.51. The molecule has 6 rings (SSSR count). The molecular weight excluding hydrogens is 928 g/mol. The minimum absolute atomic E-state index is 0.103. The summed E-state index contributed by atoms with van der Waals surface area (Å²) in [5.41, 5.74) is 1.83. The first kappa shape index (κ1) is 51.8. The van der Waals surface area contributed by atoms with Crippen LogP contribution in [0.3, 0.4) is 0 Å². The third-order valence-electron chi connectivity index (χ3n) is 10.8. The van der Waals surface area contributed by atoms with Crippen LogP contribution in [0, 0.1) is 0 Å². The molecule has 0 saturated heterocycles. The number of hydrogen-bond acceptors (Lipinski definition) is 8. The maximum atomic E-state index is 12.7. The standard InChI is InChI=1S/C26H31NO3S3Si.C23H27NO3SSi.CH3F/c1-26(2,3)34(23-12-8-6-9-13-23,24-14-10-7-11-15-24)30-20-21-16-18-22(19-17-21)33(28,29)27-25(31-4)32-5;1-23(2,3)29(21-10-6-4-7-11-21,22-12-8-5-9-13-22)27-18-19-14-16-20(17-15-19)28(24,25)26;1-2/h6-19H,20H2,1-5H3;4-17H,18H2,1-3H3,(H2,24,25,26);1H3/i;;1D. The molecule has 0 unspecified atom stereocenters. The zero-order valence-corrected chi connectivity index (χ0v) is 43.5. The van der Waals surface area contributed by atoms with Crippen molar-refractivity contribution in [2.75, 3.05) is 19.7 Å². The Morgan fingerprint density at radius 2 is 0.831 bits per heavy atom. The molecule has 2 N–H and O–H groups in total. The Labute approximate surface area is 399 Å². The van der Waals surface area contributed by atoms with E-state index in [0.29, 0.717) is 17.6 Å². The summed E-state index contributed by atoms with van der Waals surface area (Å²) in [6.07, 6.45) is 3.63. The van der Waals surface area contributed by atoms with Crippen molar-refractivity contribution in [1.82, 2.24) is 0 Å². The van der Waals surface area contributed by atoms with Crippen LogP contribution < -0.4 is 25.9 Å². The van der Waals surface area contributed by atoms with Crippen molar-refractivity contribution in [2.45, 2.75) is 74.6 Å². The van der Waals surface area contributed by atoms with E-state index in [0.717, 1.165) is 11.1 Å². The minimum Gasteiger partial charge on any atom is -0.403 e. The van der Waals surface area contributed by atoms with Crippen molar-refractivity contribution < 1.29 is 31.4 Å². The predicted molar refractivity (Wildman–Crippen MR) is 278 cm³/mol. The van der Waals surface area contributed by atoms with Crippen LogP contribution in [0.4, 0.5) is 4.39 Å². The number of rotatable bonds is 13. The van der Waals surface area contributed by atoms with Gasteiger partial charge in [-0.3, -0.25) is 4.39 Å². The van der Waals surface area contributed by atoms with Gasteiger partial charge in [0.15, 0.2) is 0 Å². The molecule has 6 aromatic carbocycles. The van der Waals surface area contributed by atoms with Gasteiger partial charge in [0.25, 0.3) is 26.7 Å². The van der Waals surface area contributed by atoms with Crippen molar-refractivity contribution in [2.24, 2.45) is 9.54 Å².